The number of anilines is 1. The third-order valence-corrected chi connectivity index (χ3v) is 5.15. The number of hydrogen-bond acceptors (Lipinski definition) is 5. The maximum Gasteiger partial charge on any atom is 0.262 e. The Morgan fingerprint density at radius 1 is 1.17 bits per heavy atom. The van der Waals surface area contributed by atoms with Crippen molar-refractivity contribution in [3.63, 3.8) is 0 Å². The van der Waals surface area contributed by atoms with Crippen LogP contribution in [0.5, 0.6) is 11.5 Å². The third kappa shape index (κ3) is 5.20. The Morgan fingerprint density at radius 2 is 1.97 bits per heavy atom. The summed E-state index contributed by atoms with van der Waals surface area (Å²) in [5.41, 5.74) is 2.14. The van der Waals surface area contributed by atoms with Gasteiger partial charge in [0.2, 0.25) is 0 Å². The van der Waals surface area contributed by atoms with E-state index in [1.165, 1.54) is 0 Å². The van der Waals surface area contributed by atoms with Crippen LogP contribution in [0.4, 0.5) is 5.69 Å². The number of aliphatic hydroxyl groups excluding tert-OH is 1. The summed E-state index contributed by atoms with van der Waals surface area (Å²) in [6.07, 6.45) is 0. The molecule has 0 saturated heterocycles. The molecular weight excluding hydrogens is 506 g/mol. The fraction of sp³-hybridized carbons (Fsp3) is 0.190. The summed E-state index contributed by atoms with van der Waals surface area (Å²) in [5.74, 6) is 1.89. The van der Waals surface area contributed by atoms with E-state index in [-0.39, 0.29) is 19.1 Å². The summed E-state index contributed by atoms with van der Waals surface area (Å²) >= 11 is 6.86. The van der Waals surface area contributed by atoms with E-state index in [1.807, 2.05) is 19.1 Å². The minimum Gasteiger partial charge on any atom is -0.496 e. The molecule has 0 aliphatic carbocycles. The normalized spacial score (nSPS) is 10.7. The van der Waals surface area contributed by atoms with Crippen LogP contribution < -0.4 is 14.8 Å². The van der Waals surface area contributed by atoms with Crippen LogP contribution in [-0.4, -0.2) is 24.7 Å². The zero-order valence-electron chi connectivity index (χ0n) is 15.8. The van der Waals surface area contributed by atoms with Crippen molar-refractivity contribution in [1.82, 2.24) is 0 Å². The Morgan fingerprint density at radius 3 is 2.62 bits per heavy atom. The van der Waals surface area contributed by atoms with Gasteiger partial charge in [-0.1, -0.05) is 15.9 Å². The van der Waals surface area contributed by atoms with Crippen molar-refractivity contribution in [2.45, 2.75) is 13.5 Å². The molecule has 0 fully saturated rings. The smallest absolute Gasteiger partial charge is 0.262 e. The molecule has 1 heterocycles. The van der Waals surface area contributed by atoms with Crippen molar-refractivity contribution in [3.05, 3.63) is 62.7 Å². The van der Waals surface area contributed by atoms with Crippen molar-refractivity contribution >= 4 is 43.5 Å². The molecule has 29 heavy (non-hydrogen) atoms. The Hall–Kier alpha value is -2.29. The van der Waals surface area contributed by atoms with Gasteiger partial charge in [0.1, 0.15) is 29.6 Å². The van der Waals surface area contributed by atoms with Gasteiger partial charge in [-0.25, -0.2) is 0 Å². The summed E-state index contributed by atoms with van der Waals surface area (Å²) < 4.78 is 18.3. The highest BCUT2D eigenvalue weighted by atomic mass is 79.9. The molecule has 0 aliphatic rings. The quantitative estimate of drug-likeness (QED) is 0.438. The summed E-state index contributed by atoms with van der Waals surface area (Å²) in [4.78, 5) is 12.4. The zero-order chi connectivity index (χ0) is 21.0. The lowest BCUT2D eigenvalue weighted by Crippen LogP contribution is -2.20. The van der Waals surface area contributed by atoms with E-state index in [0.717, 1.165) is 14.5 Å². The van der Waals surface area contributed by atoms with Gasteiger partial charge in [0, 0.05) is 10.2 Å². The molecule has 2 N–H and O–H groups in total. The Kier molecular flexibility index (Phi) is 7.00. The van der Waals surface area contributed by atoms with Crippen LogP contribution >= 0.6 is 31.9 Å². The third-order valence-electron chi connectivity index (χ3n) is 4.11. The van der Waals surface area contributed by atoms with Gasteiger partial charge in [-0.2, -0.15) is 0 Å². The number of aryl methyl sites for hydroxylation is 1. The van der Waals surface area contributed by atoms with Crippen LogP contribution in [0.15, 0.2) is 55.8 Å². The molecule has 152 valence electrons. The number of methoxy groups -OCH3 is 1. The van der Waals surface area contributed by atoms with Crippen molar-refractivity contribution in [3.8, 4) is 22.8 Å². The minimum absolute atomic E-state index is 0.141. The second kappa shape index (κ2) is 9.47. The summed E-state index contributed by atoms with van der Waals surface area (Å²) in [6, 6.07) is 12.4. The number of hydrogen-bond donors (Lipinski definition) is 2. The summed E-state index contributed by atoms with van der Waals surface area (Å²) in [7, 11) is 1.55. The summed E-state index contributed by atoms with van der Waals surface area (Å²) in [5, 5.41) is 12.0. The van der Waals surface area contributed by atoms with Crippen LogP contribution in [0.1, 0.15) is 11.3 Å². The molecule has 0 bridgehead atoms. The first-order valence-electron chi connectivity index (χ1n) is 8.67. The number of aliphatic hydroxyl groups is 1. The molecule has 8 heteroatoms. The number of carbonyl (C=O) groups excluding carboxylic acids is 1. The van der Waals surface area contributed by atoms with Crippen molar-refractivity contribution in [1.29, 1.82) is 0 Å². The molecule has 0 atom stereocenters. The fourth-order valence-electron chi connectivity index (χ4n) is 2.79. The van der Waals surface area contributed by atoms with Crippen LogP contribution in [-0.2, 0) is 11.4 Å². The lowest BCUT2D eigenvalue weighted by molar-refractivity contribution is -0.118. The van der Waals surface area contributed by atoms with Gasteiger partial charge in [-0.05, 0) is 70.9 Å². The van der Waals surface area contributed by atoms with Crippen molar-refractivity contribution < 1.29 is 23.8 Å². The van der Waals surface area contributed by atoms with E-state index in [0.29, 0.717) is 34.3 Å². The summed E-state index contributed by atoms with van der Waals surface area (Å²) in [6.45, 7) is 1.57. The van der Waals surface area contributed by atoms with Crippen LogP contribution in [0.3, 0.4) is 0 Å². The Balaban J connectivity index is 1.73. The molecule has 1 amide bonds. The molecule has 3 aromatic rings. The first kappa shape index (κ1) is 21.4. The molecule has 2 aromatic carbocycles. The number of carbonyl (C=O) groups is 1. The van der Waals surface area contributed by atoms with E-state index in [2.05, 4.69) is 37.2 Å². The minimum atomic E-state index is -0.300. The second-order valence-corrected chi connectivity index (χ2v) is 7.98. The maximum absolute atomic E-state index is 12.4. The zero-order valence-corrected chi connectivity index (χ0v) is 19.0. The SMILES string of the molecule is COc1ccc(NC(=O)COc2c(C)cc(Br)cc2Br)cc1-c1ccc(CO)o1. The number of rotatable bonds is 7. The Bertz CT molecular complexity index is 1010. The monoisotopic (exact) mass is 523 g/mol. The van der Waals surface area contributed by atoms with Gasteiger partial charge in [0.25, 0.3) is 5.91 Å². The highest BCUT2D eigenvalue weighted by Gasteiger charge is 2.14. The standard InChI is InChI=1S/C21H19Br2NO5/c1-12-7-13(22)8-17(23)21(12)28-11-20(26)24-14-3-5-18(27-2)16(9-14)19-6-4-15(10-25)29-19/h3-9,25H,10-11H2,1-2H3,(H,24,26). The fourth-order valence-corrected chi connectivity index (χ4v) is 4.35. The topological polar surface area (TPSA) is 80.9 Å². The number of halogens is 2. The number of furan rings is 1. The molecule has 0 spiro atoms. The first-order chi connectivity index (χ1) is 13.9. The predicted octanol–water partition coefficient (Wildman–Crippen LogP) is 5.30. The molecule has 0 saturated carbocycles. The largest absolute Gasteiger partial charge is 0.496 e. The van der Waals surface area contributed by atoms with Gasteiger partial charge in [0.15, 0.2) is 6.61 Å². The average molecular weight is 525 g/mol. The highest BCUT2D eigenvalue weighted by molar-refractivity contribution is 9.11. The number of amides is 1. The van der Waals surface area contributed by atoms with Gasteiger partial charge >= 0.3 is 0 Å². The van der Waals surface area contributed by atoms with Crippen LogP contribution in [0.2, 0.25) is 0 Å². The van der Waals surface area contributed by atoms with Gasteiger partial charge in [-0.15, -0.1) is 0 Å². The molecule has 6 nitrogen and oxygen atoms in total. The van der Waals surface area contributed by atoms with E-state index in [1.54, 1.807) is 37.4 Å². The van der Waals surface area contributed by atoms with Gasteiger partial charge in [0.05, 0.1) is 17.1 Å². The van der Waals surface area contributed by atoms with E-state index < -0.39 is 0 Å². The Labute approximate surface area is 185 Å². The lowest BCUT2D eigenvalue weighted by Gasteiger charge is -2.13. The van der Waals surface area contributed by atoms with Gasteiger partial charge < -0.3 is 24.3 Å². The van der Waals surface area contributed by atoms with Gasteiger partial charge in [-0.3, -0.25) is 4.79 Å². The predicted molar refractivity (Wildman–Crippen MR) is 117 cm³/mol. The molecule has 0 aliphatic heterocycles. The van der Waals surface area contributed by atoms with E-state index in [9.17, 15) is 9.90 Å². The molecule has 3 rings (SSSR count). The lowest BCUT2D eigenvalue weighted by atomic mass is 10.1. The molecule has 0 radical (unpaired) electrons. The first-order valence-corrected chi connectivity index (χ1v) is 10.3. The molecule has 0 unspecified atom stereocenters. The van der Waals surface area contributed by atoms with Crippen molar-refractivity contribution in [2.24, 2.45) is 0 Å². The average Bonchev–Trinajstić information content (AvgIpc) is 3.16. The maximum atomic E-state index is 12.4. The second-order valence-electron chi connectivity index (χ2n) is 6.21. The number of benzene rings is 2. The molecule has 1 aromatic heterocycles. The molecular formula is C21H19Br2NO5. The van der Waals surface area contributed by atoms with E-state index >= 15 is 0 Å². The van der Waals surface area contributed by atoms with Crippen LogP contribution in [0.25, 0.3) is 11.3 Å². The highest BCUT2D eigenvalue weighted by Crippen LogP contribution is 2.34. The number of ether oxygens (including phenoxy) is 2. The van der Waals surface area contributed by atoms with E-state index in [4.69, 9.17) is 13.9 Å². The van der Waals surface area contributed by atoms with Crippen molar-refractivity contribution in [2.75, 3.05) is 19.0 Å². The number of nitrogens with one attached hydrogen (secondary N) is 1. The van der Waals surface area contributed by atoms with Crippen LogP contribution in [0, 0.1) is 6.92 Å².